The van der Waals surface area contributed by atoms with Crippen molar-refractivity contribution in [2.45, 2.75) is 65.9 Å². The number of ether oxygens (including phenoxy) is 3. The monoisotopic (exact) mass is 513 g/mol. The van der Waals surface area contributed by atoms with Crippen LogP contribution in [0.15, 0.2) is 42.5 Å². The van der Waals surface area contributed by atoms with Crippen molar-refractivity contribution in [2.75, 3.05) is 19.8 Å². The Morgan fingerprint density at radius 3 is 2.42 bits per heavy atom. The summed E-state index contributed by atoms with van der Waals surface area (Å²) in [6.07, 6.45) is 0.0629. The highest BCUT2D eigenvalue weighted by atomic mass is 32.1. The van der Waals surface area contributed by atoms with Gasteiger partial charge in [0.2, 0.25) is 0 Å². The van der Waals surface area contributed by atoms with Gasteiger partial charge in [-0.15, -0.1) is 11.3 Å². The van der Waals surface area contributed by atoms with Crippen LogP contribution in [0.5, 0.6) is 5.75 Å². The van der Waals surface area contributed by atoms with Gasteiger partial charge in [-0.2, -0.15) is 0 Å². The van der Waals surface area contributed by atoms with E-state index < -0.39 is 17.9 Å². The van der Waals surface area contributed by atoms with E-state index in [1.807, 2.05) is 6.92 Å². The first kappa shape index (κ1) is 27.8. The van der Waals surface area contributed by atoms with Crippen molar-refractivity contribution in [1.82, 2.24) is 4.98 Å². The second-order valence-electron chi connectivity index (χ2n) is 9.61. The number of hydrogen-bond donors (Lipinski definition) is 0. The maximum Gasteiger partial charge on any atom is 0.335 e. The summed E-state index contributed by atoms with van der Waals surface area (Å²) in [5.74, 6) is -0.738. The molecule has 2 aromatic carbocycles. The minimum atomic E-state index is -0.757. The third-order valence-corrected chi connectivity index (χ3v) is 6.88. The molecule has 0 aliphatic heterocycles. The average molecular weight is 514 g/mol. The minimum absolute atomic E-state index is 0.110. The Morgan fingerprint density at radius 1 is 1.08 bits per heavy atom. The molecule has 0 spiro atoms. The molecule has 1 heterocycles. The Bertz CT molecular complexity index is 1150. The number of halogens is 1. The summed E-state index contributed by atoms with van der Waals surface area (Å²) in [5.41, 5.74) is 4.09. The van der Waals surface area contributed by atoms with E-state index in [2.05, 4.69) is 45.0 Å². The number of carbonyl (C=O) groups is 1. The number of esters is 1. The average Bonchev–Trinajstić information content (AvgIpc) is 3.20. The molecule has 7 heteroatoms. The predicted octanol–water partition coefficient (Wildman–Crippen LogP) is 6.69. The van der Waals surface area contributed by atoms with Gasteiger partial charge in [-0.25, -0.2) is 14.2 Å². The molecule has 0 bridgehead atoms. The van der Waals surface area contributed by atoms with Crippen LogP contribution in [-0.4, -0.2) is 36.9 Å². The van der Waals surface area contributed by atoms with Crippen LogP contribution in [0, 0.1) is 12.7 Å². The molecule has 3 rings (SSSR count). The Kier molecular flexibility index (Phi) is 9.63. The third-order valence-electron chi connectivity index (χ3n) is 5.82. The van der Waals surface area contributed by atoms with Crippen molar-refractivity contribution >= 4 is 17.3 Å². The first-order valence-electron chi connectivity index (χ1n) is 12.4. The summed E-state index contributed by atoms with van der Waals surface area (Å²) in [6.45, 7) is 13.1. The Morgan fingerprint density at radius 2 is 1.81 bits per heavy atom. The van der Waals surface area contributed by atoms with Gasteiger partial charge in [-0.05, 0) is 49.4 Å². The maximum atomic E-state index is 14.7. The van der Waals surface area contributed by atoms with E-state index in [1.165, 1.54) is 11.6 Å². The fourth-order valence-corrected chi connectivity index (χ4v) is 4.77. The summed E-state index contributed by atoms with van der Waals surface area (Å²) in [7, 11) is 0. The molecule has 36 heavy (non-hydrogen) atoms. The molecule has 1 aromatic heterocycles. The van der Waals surface area contributed by atoms with E-state index in [4.69, 9.17) is 19.2 Å². The number of hydrogen-bond acceptors (Lipinski definition) is 6. The predicted molar refractivity (Wildman–Crippen MR) is 142 cm³/mol. The fourth-order valence-electron chi connectivity index (χ4n) is 3.80. The molecular weight excluding hydrogens is 477 g/mol. The number of benzene rings is 2. The second kappa shape index (κ2) is 12.5. The van der Waals surface area contributed by atoms with Crippen LogP contribution in [0.4, 0.5) is 4.39 Å². The zero-order valence-electron chi connectivity index (χ0n) is 22.0. The topological polar surface area (TPSA) is 57.7 Å². The number of nitrogens with zero attached hydrogens (tertiary/aromatic N) is 1. The quantitative estimate of drug-likeness (QED) is 0.268. The van der Waals surface area contributed by atoms with Gasteiger partial charge >= 0.3 is 5.97 Å². The molecule has 0 amide bonds. The summed E-state index contributed by atoms with van der Waals surface area (Å²) in [5, 5.41) is 0.976. The molecule has 0 saturated heterocycles. The van der Waals surface area contributed by atoms with Crippen molar-refractivity contribution in [1.29, 1.82) is 0 Å². The smallest absolute Gasteiger partial charge is 0.335 e. The number of aryl methyl sites for hydroxylation is 1. The third kappa shape index (κ3) is 7.37. The molecule has 0 aliphatic carbocycles. The van der Waals surface area contributed by atoms with Crippen LogP contribution in [0.3, 0.4) is 0 Å². The van der Waals surface area contributed by atoms with Crippen molar-refractivity contribution in [2.24, 2.45) is 0 Å². The van der Waals surface area contributed by atoms with E-state index in [0.717, 1.165) is 21.1 Å². The van der Waals surface area contributed by atoms with Crippen molar-refractivity contribution in [3.8, 4) is 16.3 Å². The molecule has 0 aliphatic rings. The van der Waals surface area contributed by atoms with Gasteiger partial charge < -0.3 is 14.2 Å². The van der Waals surface area contributed by atoms with E-state index in [0.29, 0.717) is 25.2 Å². The van der Waals surface area contributed by atoms with E-state index in [9.17, 15) is 9.18 Å². The number of carbonyl (C=O) groups excluding carboxylic acids is 1. The number of rotatable bonds is 11. The summed E-state index contributed by atoms with van der Waals surface area (Å²) < 4.78 is 30.9. The zero-order chi connectivity index (χ0) is 26.3. The lowest BCUT2D eigenvalue weighted by Gasteiger charge is -2.18. The largest absolute Gasteiger partial charge is 0.490 e. The molecule has 1 atom stereocenters. The molecule has 0 N–H and O–H groups in total. The molecule has 5 nitrogen and oxygen atoms in total. The van der Waals surface area contributed by atoms with Crippen molar-refractivity contribution < 1.29 is 23.4 Å². The Labute approximate surface area is 217 Å². The lowest BCUT2D eigenvalue weighted by molar-refractivity contribution is -0.156. The van der Waals surface area contributed by atoms with Gasteiger partial charge in [0, 0.05) is 29.9 Å². The van der Waals surface area contributed by atoms with Crippen LogP contribution in [0.1, 0.15) is 56.3 Å². The van der Waals surface area contributed by atoms with Crippen LogP contribution < -0.4 is 4.74 Å². The minimum Gasteiger partial charge on any atom is -0.490 e. The van der Waals surface area contributed by atoms with Crippen LogP contribution >= 0.6 is 11.3 Å². The molecule has 3 aromatic rings. The summed E-state index contributed by atoms with van der Waals surface area (Å²) >= 11 is 1.66. The van der Waals surface area contributed by atoms with Gasteiger partial charge in [0.15, 0.2) is 17.7 Å². The van der Waals surface area contributed by atoms with Gasteiger partial charge in [0.1, 0.15) is 5.01 Å². The van der Waals surface area contributed by atoms with Gasteiger partial charge in [-0.3, -0.25) is 0 Å². The van der Waals surface area contributed by atoms with Crippen molar-refractivity contribution in [3.63, 3.8) is 0 Å². The lowest BCUT2D eigenvalue weighted by atomic mass is 9.87. The molecule has 0 radical (unpaired) electrons. The standard InChI is InChI=1S/C29H36FNO4S/c1-7-33-26(28(32)34-8-2)18-20-9-14-25(23(30)17-20)35-16-15-24-19(3)36-27(31-24)21-10-12-22(13-11-21)29(4,5)6/h9-14,17,26H,7-8,15-16,18H2,1-6H3. The first-order valence-corrected chi connectivity index (χ1v) is 13.2. The van der Waals surface area contributed by atoms with Gasteiger partial charge in [-0.1, -0.05) is 51.1 Å². The Hall–Kier alpha value is -2.77. The highest BCUT2D eigenvalue weighted by molar-refractivity contribution is 7.15. The maximum absolute atomic E-state index is 14.7. The highest BCUT2D eigenvalue weighted by Crippen LogP contribution is 2.30. The Balaban J connectivity index is 1.60. The molecular formula is C29H36FNO4S. The van der Waals surface area contributed by atoms with Crippen molar-refractivity contribution in [3.05, 3.63) is 70.0 Å². The molecule has 1 unspecified atom stereocenters. The van der Waals surface area contributed by atoms with E-state index >= 15 is 0 Å². The number of thiazole rings is 1. The van der Waals surface area contributed by atoms with E-state index in [1.54, 1.807) is 37.3 Å². The molecule has 0 fully saturated rings. The van der Waals surface area contributed by atoms with Gasteiger partial charge in [0.25, 0.3) is 0 Å². The summed E-state index contributed by atoms with van der Waals surface area (Å²) in [4.78, 5) is 18.0. The summed E-state index contributed by atoms with van der Waals surface area (Å²) in [6, 6.07) is 13.3. The van der Waals surface area contributed by atoms with E-state index in [-0.39, 0.29) is 24.2 Å². The van der Waals surface area contributed by atoms with Crippen LogP contribution in [0.2, 0.25) is 0 Å². The van der Waals surface area contributed by atoms with Crippen LogP contribution in [-0.2, 0) is 32.5 Å². The van der Waals surface area contributed by atoms with Gasteiger partial charge in [0.05, 0.1) is 18.9 Å². The SMILES string of the molecule is CCOC(=O)C(Cc1ccc(OCCc2nc(-c3ccc(C(C)(C)C)cc3)sc2C)c(F)c1)OCC. The normalized spacial score (nSPS) is 12.4. The van der Waals surface area contributed by atoms with Crippen LogP contribution in [0.25, 0.3) is 10.6 Å². The first-order chi connectivity index (χ1) is 17.1. The number of aromatic nitrogens is 1. The second-order valence-corrected chi connectivity index (χ2v) is 10.8. The lowest BCUT2D eigenvalue weighted by Crippen LogP contribution is -2.29. The molecule has 0 saturated carbocycles. The highest BCUT2D eigenvalue weighted by Gasteiger charge is 2.21. The zero-order valence-corrected chi connectivity index (χ0v) is 22.8. The fraction of sp³-hybridized carbons (Fsp3) is 0.448. The molecule has 194 valence electrons.